The molecular weight excluding hydrogens is 426 g/mol. The van der Waals surface area contributed by atoms with Crippen LogP contribution in [0.15, 0.2) is 91.1 Å². The number of rotatable bonds is 1. The van der Waals surface area contributed by atoms with Crippen LogP contribution < -0.4 is 4.74 Å². The van der Waals surface area contributed by atoms with Gasteiger partial charge < -0.3 is 4.74 Å². The third-order valence-corrected chi connectivity index (χ3v) is 7.64. The predicted octanol–water partition coefficient (Wildman–Crippen LogP) is 7.71. The molecular formula is C28H15N3OS. The second-order valence-electron chi connectivity index (χ2n) is 8.28. The summed E-state index contributed by atoms with van der Waals surface area (Å²) in [7, 11) is 0. The van der Waals surface area contributed by atoms with Gasteiger partial charge in [0.15, 0.2) is 0 Å². The number of hydrogen-bond acceptors (Lipinski definition) is 4. The van der Waals surface area contributed by atoms with Crippen molar-refractivity contribution in [3.8, 4) is 28.7 Å². The first kappa shape index (κ1) is 17.3. The van der Waals surface area contributed by atoms with Crippen LogP contribution in [0.2, 0.25) is 0 Å². The lowest BCUT2D eigenvalue weighted by atomic mass is 10.0. The molecule has 5 heteroatoms. The Kier molecular flexibility index (Phi) is 3.25. The topological polar surface area (TPSA) is 39.9 Å². The van der Waals surface area contributed by atoms with Gasteiger partial charge in [0.1, 0.15) is 11.5 Å². The van der Waals surface area contributed by atoms with E-state index < -0.39 is 0 Å². The normalized spacial score (nSPS) is 12.5. The zero-order valence-corrected chi connectivity index (χ0v) is 18.1. The molecule has 0 N–H and O–H groups in total. The fraction of sp³-hybridized carbons (Fsp3) is 0. The molecule has 33 heavy (non-hydrogen) atoms. The van der Waals surface area contributed by atoms with Gasteiger partial charge in [-0.2, -0.15) is 0 Å². The Balaban J connectivity index is 1.49. The summed E-state index contributed by atoms with van der Waals surface area (Å²) in [6.45, 7) is 0. The van der Waals surface area contributed by atoms with Crippen LogP contribution in [0.4, 0.5) is 0 Å². The number of nitrogens with zero attached hydrogens (tertiary/aromatic N) is 3. The number of ether oxygens (including phenoxy) is 1. The first-order valence-corrected chi connectivity index (χ1v) is 11.7. The van der Waals surface area contributed by atoms with Crippen molar-refractivity contribution >= 4 is 53.3 Å². The molecule has 0 aliphatic carbocycles. The minimum atomic E-state index is 0.673. The highest BCUT2D eigenvalue weighted by Gasteiger charge is 2.23. The van der Waals surface area contributed by atoms with Crippen LogP contribution in [0.3, 0.4) is 0 Å². The van der Waals surface area contributed by atoms with Gasteiger partial charge in [0.2, 0.25) is 5.95 Å². The molecule has 0 spiro atoms. The van der Waals surface area contributed by atoms with Crippen molar-refractivity contribution in [2.75, 3.05) is 0 Å². The summed E-state index contributed by atoms with van der Waals surface area (Å²) in [4.78, 5) is 10.1. The molecule has 0 saturated heterocycles. The molecule has 7 aromatic rings. The minimum absolute atomic E-state index is 0.673. The summed E-state index contributed by atoms with van der Waals surface area (Å²) in [5.74, 6) is 2.30. The lowest BCUT2D eigenvalue weighted by Gasteiger charge is -2.20. The fourth-order valence-electron chi connectivity index (χ4n) is 4.97. The Hall–Kier alpha value is -4.22. The van der Waals surface area contributed by atoms with E-state index in [-0.39, 0.29) is 0 Å². The summed E-state index contributed by atoms with van der Waals surface area (Å²) in [6.07, 6.45) is 2.08. The molecule has 154 valence electrons. The van der Waals surface area contributed by atoms with E-state index in [4.69, 9.17) is 14.7 Å². The molecule has 1 aliphatic heterocycles. The molecule has 3 aromatic heterocycles. The second kappa shape index (κ2) is 6.18. The average Bonchev–Trinajstić information content (AvgIpc) is 3.45. The van der Waals surface area contributed by atoms with E-state index in [2.05, 4.69) is 59.3 Å². The molecule has 1 aliphatic rings. The molecule has 0 bridgehead atoms. The largest absolute Gasteiger partial charge is 0.456 e. The first-order valence-electron chi connectivity index (χ1n) is 10.8. The number of aromatic nitrogens is 3. The van der Waals surface area contributed by atoms with Gasteiger partial charge in [0.25, 0.3) is 0 Å². The molecule has 4 aromatic carbocycles. The lowest BCUT2D eigenvalue weighted by molar-refractivity contribution is 0.486. The number of thiophene rings is 1. The average molecular weight is 442 g/mol. The standard InChI is InChI=1S/C28H15N3OS/c1-3-9-21-19(7-1)25-24-20(8-5-10-22(24)32-21)29-28(30-25)31-15-14-16-12-13-18-17-6-2-4-11-23(17)33-27(18)26(16)31/h1-15H. The van der Waals surface area contributed by atoms with E-state index in [0.717, 1.165) is 39.2 Å². The summed E-state index contributed by atoms with van der Waals surface area (Å²) in [5.41, 5.74) is 3.94. The van der Waals surface area contributed by atoms with Gasteiger partial charge >= 0.3 is 0 Å². The van der Waals surface area contributed by atoms with E-state index in [1.54, 1.807) is 0 Å². The molecule has 8 rings (SSSR count). The lowest BCUT2D eigenvalue weighted by Crippen LogP contribution is -2.05. The summed E-state index contributed by atoms with van der Waals surface area (Å²) in [6, 6.07) is 29.2. The summed E-state index contributed by atoms with van der Waals surface area (Å²) >= 11 is 1.82. The zero-order chi connectivity index (χ0) is 21.5. The Morgan fingerprint density at radius 2 is 1.61 bits per heavy atom. The predicted molar refractivity (Wildman–Crippen MR) is 135 cm³/mol. The van der Waals surface area contributed by atoms with E-state index in [1.807, 2.05) is 47.7 Å². The van der Waals surface area contributed by atoms with Crippen molar-refractivity contribution in [2.45, 2.75) is 0 Å². The van der Waals surface area contributed by atoms with Crippen molar-refractivity contribution in [3.05, 3.63) is 91.1 Å². The van der Waals surface area contributed by atoms with Crippen molar-refractivity contribution in [3.63, 3.8) is 0 Å². The number of para-hydroxylation sites is 1. The maximum atomic E-state index is 6.16. The molecule has 4 nitrogen and oxygen atoms in total. The van der Waals surface area contributed by atoms with Gasteiger partial charge in [-0.3, -0.25) is 4.57 Å². The van der Waals surface area contributed by atoms with E-state index in [0.29, 0.717) is 5.95 Å². The Morgan fingerprint density at radius 1 is 0.727 bits per heavy atom. The zero-order valence-electron chi connectivity index (χ0n) is 17.3. The summed E-state index contributed by atoms with van der Waals surface area (Å²) in [5, 5.41) is 4.70. The van der Waals surface area contributed by atoms with Gasteiger partial charge in [-0.05, 0) is 36.4 Å². The van der Waals surface area contributed by atoms with Gasteiger partial charge in [0.05, 0.1) is 26.8 Å². The number of hydrogen-bond donors (Lipinski definition) is 0. The van der Waals surface area contributed by atoms with Crippen LogP contribution in [-0.4, -0.2) is 14.5 Å². The Bertz CT molecular complexity index is 1910. The first-order chi connectivity index (χ1) is 16.3. The quantitative estimate of drug-likeness (QED) is 0.262. The Morgan fingerprint density at radius 3 is 2.61 bits per heavy atom. The molecule has 0 atom stereocenters. The monoisotopic (exact) mass is 441 g/mol. The molecule has 0 radical (unpaired) electrons. The highest BCUT2D eigenvalue weighted by atomic mass is 32.1. The second-order valence-corrected chi connectivity index (χ2v) is 9.34. The van der Waals surface area contributed by atoms with E-state index in [9.17, 15) is 0 Å². The van der Waals surface area contributed by atoms with Crippen molar-refractivity contribution < 1.29 is 4.74 Å². The number of benzene rings is 4. The summed E-state index contributed by atoms with van der Waals surface area (Å²) < 4.78 is 10.8. The van der Waals surface area contributed by atoms with E-state index >= 15 is 0 Å². The van der Waals surface area contributed by atoms with Crippen LogP contribution in [0.5, 0.6) is 11.5 Å². The van der Waals surface area contributed by atoms with Crippen molar-refractivity contribution in [2.24, 2.45) is 0 Å². The highest BCUT2D eigenvalue weighted by Crippen LogP contribution is 2.45. The van der Waals surface area contributed by atoms with Crippen LogP contribution in [0.25, 0.3) is 59.2 Å². The van der Waals surface area contributed by atoms with Gasteiger partial charge in [0, 0.05) is 32.6 Å². The maximum Gasteiger partial charge on any atom is 0.235 e. The molecule has 0 fully saturated rings. The molecule has 4 heterocycles. The van der Waals surface area contributed by atoms with Crippen LogP contribution >= 0.6 is 11.3 Å². The molecule has 0 unspecified atom stereocenters. The maximum absolute atomic E-state index is 6.16. The van der Waals surface area contributed by atoms with Crippen LogP contribution in [0.1, 0.15) is 0 Å². The van der Waals surface area contributed by atoms with Gasteiger partial charge in [-0.15, -0.1) is 11.3 Å². The van der Waals surface area contributed by atoms with E-state index in [1.165, 1.54) is 25.6 Å². The number of fused-ring (bicyclic) bond motifs is 7. The fourth-order valence-corrected chi connectivity index (χ4v) is 6.22. The van der Waals surface area contributed by atoms with Gasteiger partial charge in [-0.25, -0.2) is 9.97 Å². The van der Waals surface area contributed by atoms with Gasteiger partial charge in [-0.1, -0.05) is 48.5 Å². The highest BCUT2D eigenvalue weighted by molar-refractivity contribution is 7.26. The SMILES string of the molecule is c1ccc2c(c1)Oc1cccc3nc(-n4ccc5ccc6c7ccccc7sc6c54)nc-2c13. The smallest absolute Gasteiger partial charge is 0.235 e. The van der Waals surface area contributed by atoms with Crippen LogP contribution in [0, 0.1) is 0 Å². The van der Waals surface area contributed by atoms with Crippen molar-refractivity contribution in [1.82, 2.24) is 14.5 Å². The third-order valence-electron chi connectivity index (χ3n) is 6.45. The van der Waals surface area contributed by atoms with Crippen molar-refractivity contribution in [1.29, 1.82) is 0 Å². The molecule has 0 amide bonds. The third kappa shape index (κ3) is 2.29. The minimum Gasteiger partial charge on any atom is -0.456 e. The molecule has 0 saturated carbocycles. The van der Waals surface area contributed by atoms with Crippen LogP contribution in [-0.2, 0) is 0 Å². The Labute approximate surface area is 192 Å².